The smallest absolute Gasteiger partial charge is 0.251 e. The SMILES string of the molecule is CCOCc1cc(C(=O)NCc2ccc(OC)cc2)ccc1OCC. The maximum Gasteiger partial charge on any atom is 0.251 e. The summed E-state index contributed by atoms with van der Waals surface area (Å²) in [4.78, 5) is 12.4. The van der Waals surface area contributed by atoms with E-state index in [0.29, 0.717) is 31.9 Å². The minimum atomic E-state index is -0.128. The number of carbonyl (C=O) groups is 1. The van der Waals surface area contributed by atoms with Crippen LogP contribution in [0, 0.1) is 0 Å². The number of nitrogens with one attached hydrogen (secondary N) is 1. The van der Waals surface area contributed by atoms with Crippen molar-refractivity contribution in [2.24, 2.45) is 0 Å². The van der Waals surface area contributed by atoms with Crippen molar-refractivity contribution in [3.05, 3.63) is 59.2 Å². The molecule has 1 amide bonds. The zero-order valence-electron chi connectivity index (χ0n) is 15.0. The number of hydrogen-bond donors (Lipinski definition) is 1. The molecule has 0 aromatic heterocycles. The molecule has 1 N–H and O–H groups in total. The second kappa shape index (κ2) is 9.69. The highest BCUT2D eigenvalue weighted by atomic mass is 16.5. The minimum Gasteiger partial charge on any atom is -0.497 e. The Labute approximate surface area is 148 Å². The van der Waals surface area contributed by atoms with Crippen molar-refractivity contribution in [3.8, 4) is 11.5 Å². The lowest BCUT2D eigenvalue weighted by atomic mass is 10.1. The van der Waals surface area contributed by atoms with Gasteiger partial charge in [0.15, 0.2) is 0 Å². The van der Waals surface area contributed by atoms with E-state index in [-0.39, 0.29) is 5.91 Å². The summed E-state index contributed by atoms with van der Waals surface area (Å²) in [7, 11) is 1.63. The molecule has 0 aliphatic carbocycles. The Morgan fingerprint density at radius 1 is 1.04 bits per heavy atom. The van der Waals surface area contributed by atoms with Crippen LogP contribution in [0.25, 0.3) is 0 Å². The fourth-order valence-corrected chi connectivity index (χ4v) is 2.37. The third-order valence-electron chi connectivity index (χ3n) is 3.70. The normalized spacial score (nSPS) is 10.4. The van der Waals surface area contributed by atoms with Crippen molar-refractivity contribution >= 4 is 5.91 Å². The van der Waals surface area contributed by atoms with Gasteiger partial charge in [0.1, 0.15) is 11.5 Å². The summed E-state index contributed by atoms with van der Waals surface area (Å²) in [6.07, 6.45) is 0. The van der Waals surface area contributed by atoms with Crippen LogP contribution in [0.4, 0.5) is 0 Å². The molecular weight excluding hydrogens is 318 g/mol. The average Bonchev–Trinajstić information content (AvgIpc) is 2.65. The van der Waals surface area contributed by atoms with Gasteiger partial charge in [0.05, 0.1) is 20.3 Å². The number of methoxy groups -OCH3 is 1. The highest BCUT2D eigenvalue weighted by molar-refractivity contribution is 5.94. The van der Waals surface area contributed by atoms with E-state index in [1.165, 1.54) is 0 Å². The highest BCUT2D eigenvalue weighted by Crippen LogP contribution is 2.21. The first-order valence-corrected chi connectivity index (χ1v) is 8.42. The number of rotatable bonds is 9. The van der Waals surface area contributed by atoms with Gasteiger partial charge < -0.3 is 19.5 Å². The van der Waals surface area contributed by atoms with E-state index in [2.05, 4.69) is 5.32 Å². The Morgan fingerprint density at radius 2 is 1.80 bits per heavy atom. The molecule has 25 heavy (non-hydrogen) atoms. The first-order chi connectivity index (χ1) is 12.2. The summed E-state index contributed by atoms with van der Waals surface area (Å²) < 4.78 is 16.2. The van der Waals surface area contributed by atoms with E-state index in [0.717, 1.165) is 22.6 Å². The molecule has 134 valence electrons. The fourth-order valence-electron chi connectivity index (χ4n) is 2.37. The molecule has 0 aliphatic rings. The zero-order valence-corrected chi connectivity index (χ0v) is 15.0. The van der Waals surface area contributed by atoms with Crippen LogP contribution >= 0.6 is 0 Å². The van der Waals surface area contributed by atoms with Gasteiger partial charge in [-0.1, -0.05) is 12.1 Å². The first-order valence-electron chi connectivity index (χ1n) is 8.42. The molecule has 0 saturated carbocycles. The molecule has 0 bridgehead atoms. The Hall–Kier alpha value is -2.53. The molecule has 0 spiro atoms. The van der Waals surface area contributed by atoms with Crippen molar-refractivity contribution in [3.63, 3.8) is 0 Å². The fraction of sp³-hybridized carbons (Fsp3) is 0.350. The lowest BCUT2D eigenvalue weighted by molar-refractivity contribution is 0.0950. The molecule has 0 atom stereocenters. The lowest BCUT2D eigenvalue weighted by Crippen LogP contribution is -2.23. The Kier molecular flexibility index (Phi) is 7.29. The summed E-state index contributed by atoms with van der Waals surface area (Å²) in [6, 6.07) is 13.0. The predicted molar refractivity (Wildman–Crippen MR) is 97.1 cm³/mol. The average molecular weight is 343 g/mol. The summed E-state index contributed by atoms with van der Waals surface area (Å²) >= 11 is 0. The molecule has 0 radical (unpaired) electrons. The molecule has 0 fully saturated rings. The van der Waals surface area contributed by atoms with E-state index < -0.39 is 0 Å². The van der Waals surface area contributed by atoms with Gasteiger partial charge in [-0.2, -0.15) is 0 Å². The zero-order chi connectivity index (χ0) is 18.1. The van der Waals surface area contributed by atoms with E-state index in [1.807, 2.05) is 50.2 Å². The van der Waals surface area contributed by atoms with E-state index in [9.17, 15) is 4.79 Å². The number of ether oxygens (including phenoxy) is 3. The number of benzene rings is 2. The van der Waals surface area contributed by atoms with Gasteiger partial charge in [0, 0.05) is 24.3 Å². The second-order valence-electron chi connectivity index (χ2n) is 5.42. The van der Waals surface area contributed by atoms with Crippen molar-refractivity contribution in [1.82, 2.24) is 5.32 Å². The predicted octanol–water partition coefficient (Wildman–Crippen LogP) is 3.56. The standard InChI is InChI=1S/C20H25NO4/c1-4-24-14-17-12-16(8-11-19(17)25-5-2)20(22)21-13-15-6-9-18(23-3)10-7-15/h6-12H,4-5,13-14H2,1-3H3,(H,21,22). The topological polar surface area (TPSA) is 56.8 Å². The molecule has 5 nitrogen and oxygen atoms in total. The van der Waals surface area contributed by atoms with Crippen molar-refractivity contribution in [2.45, 2.75) is 27.0 Å². The van der Waals surface area contributed by atoms with Gasteiger partial charge >= 0.3 is 0 Å². The largest absolute Gasteiger partial charge is 0.497 e. The van der Waals surface area contributed by atoms with Crippen LogP contribution in [0.15, 0.2) is 42.5 Å². The third kappa shape index (κ3) is 5.50. The maximum absolute atomic E-state index is 12.4. The van der Waals surface area contributed by atoms with Crippen molar-refractivity contribution in [2.75, 3.05) is 20.3 Å². The summed E-state index contributed by atoms with van der Waals surface area (Å²) in [6.45, 7) is 5.93. The van der Waals surface area contributed by atoms with Gasteiger partial charge in [-0.15, -0.1) is 0 Å². The van der Waals surface area contributed by atoms with Crippen molar-refractivity contribution < 1.29 is 19.0 Å². The van der Waals surface area contributed by atoms with E-state index in [4.69, 9.17) is 14.2 Å². The maximum atomic E-state index is 12.4. The van der Waals surface area contributed by atoms with Gasteiger partial charge in [0.2, 0.25) is 0 Å². The van der Waals surface area contributed by atoms with Gasteiger partial charge in [-0.3, -0.25) is 4.79 Å². The summed E-state index contributed by atoms with van der Waals surface area (Å²) in [5.41, 5.74) is 2.47. The molecule has 0 aliphatic heterocycles. The number of amides is 1. The molecule has 5 heteroatoms. The molecule has 0 saturated heterocycles. The van der Waals surface area contributed by atoms with Gasteiger partial charge in [0.25, 0.3) is 5.91 Å². The van der Waals surface area contributed by atoms with Crippen LogP contribution in [0.2, 0.25) is 0 Å². The summed E-state index contributed by atoms with van der Waals surface area (Å²) in [5.74, 6) is 1.42. The van der Waals surface area contributed by atoms with Crippen LogP contribution in [0.3, 0.4) is 0 Å². The summed E-state index contributed by atoms with van der Waals surface area (Å²) in [5, 5.41) is 2.93. The van der Waals surface area contributed by atoms with Crippen LogP contribution in [-0.4, -0.2) is 26.2 Å². The van der Waals surface area contributed by atoms with Crippen LogP contribution < -0.4 is 14.8 Å². The Balaban J connectivity index is 2.04. The van der Waals surface area contributed by atoms with Crippen LogP contribution in [0.1, 0.15) is 35.3 Å². The highest BCUT2D eigenvalue weighted by Gasteiger charge is 2.11. The lowest BCUT2D eigenvalue weighted by Gasteiger charge is -2.12. The molecule has 2 rings (SSSR count). The molecule has 2 aromatic rings. The minimum absolute atomic E-state index is 0.128. The molecular formula is C20H25NO4. The number of hydrogen-bond acceptors (Lipinski definition) is 4. The monoisotopic (exact) mass is 343 g/mol. The van der Waals surface area contributed by atoms with Gasteiger partial charge in [-0.05, 0) is 49.7 Å². The Morgan fingerprint density at radius 3 is 2.44 bits per heavy atom. The third-order valence-corrected chi connectivity index (χ3v) is 3.70. The number of carbonyl (C=O) groups excluding carboxylic acids is 1. The molecule has 2 aromatic carbocycles. The Bertz CT molecular complexity index is 683. The van der Waals surface area contributed by atoms with Crippen LogP contribution in [-0.2, 0) is 17.9 Å². The molecule has 0 unspecified atom stereocenters. The first kappa shape index (κ1) is 18.8. The quantitative estimate of drug-likeness (QED) is 0.756. The van der Waals surface area contributed by atoms with E-state index >= 15 is 0 Å². The van der Waals surface area contributed by atoms with Crippen LogP contribution in [0.5, 0.6) is 11.5 Å². The van der Waals surface area contributed by atoms with Crippen molar-refractivity contribution in [1.29, 1.82) is 0 Å². The second-order valence-corrected chi connectivity index (χ2v) is 5.42. The van der Waals surface area contributed by atoms with Gasteiger partial charge in [-0.25, -0.2) is 0 Å². The van der Waals surface area contributed by atoms with E-state index in [1.54, 1.807) is 13.2 Å². The molecule has 0 heterocycles.